The van der Waals surface area contributed by atoms with Crippen molar-refractivity contribution in [2.75, 3.05) is 38.3 Å². The number of halogens is 2. The molecule has 1 aromatic heterocycles. The van der Waals surface area contributed by atoms with Gasteiger partial charge >= 0.3 is 0 Å². The molecular weight excluding hydrogens is 357 g/mol. The van der Waals surface area contributed by atoms with Crippen LogP contribution in [-0.4, -0.2) is 49.1 Å². The quantitative estimate of drug-likeness (QED) is 0.817. The van der Waals surface area contributed by atoms with Crippen LogP contribution in [0.15, 0.2) is 36.5 Å². The van der Waals surface area contributed by atoms with Gasteiger partial charge in [-0.05, 0) is 30.7 Å². The Labute approximate surface area is 157 Å². The molecule has 1 saturated heterocycles. The zero-order valence-corrected chi connectivity index (χ0v) is 15.5. The predicted molar refractivity (Wildman–Crippen MR) is 99.2 cm³/mol. The zero-order valence-electron chi connectivity index (χ0n) is 14.8. The van der Waals surface area contributed by atoms with E-state index >= 15 is 0 Å². The van der Waals surface area contributed by atoms with Gasteiger partial charge in [0.15, 0.2) is 0 Å². The van der Waals surface area contributed by atoms with Crippen LogP contribution < -0.4 is 4.90 Å². The third-order valence-electron chi connectivity index (χ3n) is 4.63. The van der Waals surface area contributed by atoms with E-state index in [1.807, 2.05) is 18.9 Å². The number of carbonyl (C=O) groups is 1. The Morgan fingerprint density at radius 1 is 1.31 bits per heavy atom. The van der Waals surface area contributed by atoms with Crippen molar-refractivity contribution in [2.45, 2.75) is 13.0 Å². The van der Waals surface area contributed by atoms with Crippen LogP contribution in [0, 0.1) is 5.82 Å². The van der Waals surface area contributed by atoms with Gasteiger partial charge in [-0.25, -0.2) is 9.37 Å². The molecule has 1 aliphatic heterocycles. The summed E-state index contributed by atoms with van der Waals surface area (Å²) in [7, 11) is 1.87. The molecular formula is C19H21ClFN3O2. The van der Waals surface area contributed by atoms with Crippen molar-refractivity contribution in [2.24, 2.45) is 0 Å². The molecule has 0 saturated carbocycles. The molecule has 0 spiro atoms. The molecule has 2 aromatic rings. The van der Waals surface area contributed by atoms with E-state index in [1.165, 1.54) is 12.1 Å². The molecule has 1 aliphatic rings. The molecule has 7 heteroatoms. The van der Waals surface area contributed by atoms with Gasteiger partial charge < -0.3 is 14.5 Å². The average Bonchev–Trinajstić information content (AvgIpc) is 2.67. The SMILES string of the molecule is CC(c1ccc(F)cc1)N(C)c1ncc(C(=O)N2CCOCC2)cc1Cl. The third-order valence-corrected chi connectivity index (χ3v) is 4.91. The van der Waals surface area contributed by atoms with E-state index in [2.05, 4.69) is 4.98 Å². The molecule has 1 amide bonds. The van der Waals surface area contributed by atoms with Crippen molar-refractivity contribution >= 4 is 23.3 Å². The molecule has 0 aliphatic carbocycles. The van der Waals surface area contributed by atoms with Crippen molar-refractivity contribution < 1.29 is 13.9 Å². The molecule has 26 heavy (non-hydrogen) atoms. The van der Waals surface area contributed by atoms with Crippen LogP contribution in [0.2, 0.25) is 5.02 Å². The molecule has 0 N–H and O–H groups in total. The highest BCUT2D eigenvalue weighted by Gasteiger charge is 2.22. The Morgan fingerprint density at radius 3 is 2.58 bits per heavy atom. The van der Waals surface area contributed by atoms with Crippen molar-refractivity contribution in [1.29, 1.82) is 0 Å². The summed E-state index contributed by atoms with van der Waals surface area (Å²) in [6, 6.07) is 7.93. The highest BCUT2D eigenvalue weighted by Crippen LogP contribution is 2.30. The maximum absolute atomic E-state index is 13.1. The van der Waals surface area contributed by atoms with Crippen LogP contribution in [0.5, 0.6) is 0 Å². The van der Waals surface area contributed by atoms with E-state index in [4.69, 9.17) is 16.3 Å². The number of hydrogen-bond donors (Lipinski definition) is 0. The first-order valence-corrected chi connectivity index (χ1v) is 8.86. The summed E-state index contributed by atoms with van der Waals surface area (Å²) in [5, 5.41) is 0.403. The lowest BCUT2D eigenvalue weighted by atomic mass is 10.1. The summed E-state index contributed by atoms with van der Waals surface area (Å²) in [6.07, 6.45) is 1.55. The number of anilines is 1. The maximum Gasteiger partial charge on any atom is 0.255 e. The topological polar surface area (TPSA) is 45.7 Å². The van der Waals surface area contributed by atoms with Crippen molar-refractivity contribution in [3.8, 4) is 0 Å². The fourth-order valence-electron chi connectivity index (χ4n) is 2.90. The fraction of sp³-hybridized carbons (Fsp3) is 0.368. The van der Waals surface area contributed by atoms with Crippen LogP contribution in [0.25, 0.3) is 0 Å². The molecule has 1 fully saturated rings. The van der Waals surface area contributed by atoms with Crippen LogP contribution in [0.1, 0.15) is 28.9 Å². The minimum Gasteiger partial charge on any atom is -0.378 e. The van der Waals surface area contributed by atoms with E-state index in [0.717, 1.165) is 5.56 Å². The van der Waals surface area contributed by atoms with Crippen molar-refractivity contribution in [3.05, 3.63) is 58.5 Å². The Hall–Kier alpha value is -2.18. The Bertz CT molecular complexity index is 779. The monoisotopic (exact) mass is 377 g/mol. The first-order valence-electron chi connectivity index (χ1n) is 8.48. The van der Waals surface area contributed by atoms with Gasteiger partial charge in [0.25, 0.3) is 5.91 Å². The molecule has 1 atom stereocenters. The predicted octanol–water partition coefficient (Wildman–Crippen LogP) is 3.54. The molecule has 0 bridgehead atoms. The molecule has 0 radical (unpaired) electrons. The number of benzene rings is 1. The van der Waals surface area contributed by atoms with Gasteiger partial charge in [-0.1, -0.05) is 23.7 Å². The van der Waals surface area contributed by atoms with Gasteiger partial charge in [0.2, 0.25) is 0 Å². The number of amides is 1. The smallest absolute Gasteiger partial charge is 0.255 e. The van der Waals surface area contributed by atoms with E-state index in [-0.39, 0.29) is 17.8 Å². The van der Waals surface area contributed by atoms with Crippen LogP contribution in [0.3, 0.4) is 0 Å². The number of aromatic nitrogens is 1. The molecule has 3 rings (SSSR count). The highest BCUT2D eigenvalue weighted by atomic mass is 35.5. The number of nitrogens with zero attached hydrogens (tertiary/aromatic N) is 3. The first kappa shape index (κ1) is 18.6. The number of carbonyl (C=O) groups excluding carboxylic acids is 1. The molecule has 138 valence electrons. The lowest BCUT2D eigenvalue weighted by Crippen LogP contribution is -2.40. The Balaban J connectivity index is 1.78. The summed E-state index contributed by atoms with van der Waals surface area (Å²) >= 11 is 6.40. The van der Waals surface area contributed by atoms with Crippen LogP contribution >= 0.6 is 11.6 Å². The number of morpholine rings is 1. The van der Waals surface area contributed by atoms with E-state index in [1.54, 1.807) is 29.3 Å². The van der Waals surface area contributed by atoms with Gasteiger partial charge in [0, 0.05) is 26.3 Å². The second-order valence-electron chi connectivity index (χ2n) is 6.27. The summed E-state index contributed by atoms with van der Waals surface area (Å²) < 4.78 is 18.4. The maximum atomic E-state index is 13.1. The second-order valence-corrected chi connectivity index (χ2v) is 6.68. The van der Waals surface area contributed by atoms with Crippen LogP contribution in [-0.2, 0) is 4.74 Å². The molecule has 2 heterocycles. The van der Waals surface area contributed by atoms with Gasteiger partial charge in [-0.3, -0.25) is 4.79 Å². The molecule has 1 unspecified atom stereocenters. The fourth-order valence-corrected chi connectivity index (χ4v) is 3.20. The highest BCUT2D eigenvalue weighted by molar-refractivity contribution is 6.33. The summed E-state index contributed by atoms with van der Waals surface area (Å²) in [6.45, 7) is 4.21. The van der Waals surface area contributed by atoms with Crippen molar-refractivity contribution in [1.82, 2.24) is 9.88 Å². The Kier molecular flexibility index (Phi) is 5.74. The number of pyridine rings is 1. The number of rotatable bonds is 4. The molecule has 5 nitrogen and oxygen atoms in total. The number of ether oxygens (including phenoxy) is 1. The lowest BCUT2D eigenvalue weighted by molar-refractivity contribution is 0.0302. The van der Waals surface area contributed by atoms with Gasteiger partial charge in [-0.15, -0.1) is 0 Å². The summed E-state index contributed by atoms with van der Waals surface area (Å²) in [4.78, 5) is 20.6. The summed E-state index contributed by atoms with van der Waals surface area (Å²) in [5.41, 5.74) is 1.41. The second kappa shape index (κ2) is 8.01. The minimum atomic E-state index is -0.272. The normalized spacial score (nSPS) is 15.6. The van der Waals surface area contributed by atoms with Crippen molar-refractivity contribution in [3.63, 3.8) is 0 Å². The van der Waals surface area contributed by atoms with Gasteiger partial charge in [0.1, 0.15) is 11.6 Å². The van der Waals surface area contributed by atoms with E-state index < -0.39 is 0 Å². The third kappa shape index (κ3) is 3.97. The Morgan fingerprint density at radius 2 is 1.96 bits per heavy atom. The van der Waals surface area contributed by atoms with Crippen LogP contribution in [0.4, 0.5) is 10.2 Å². The standard InChI is InChI=1S/C19H21ClFN3O2/c1-13(14-3-5-16(21)6-4-14)23(2)18-17(20)11-15(12-22-18)19(25)24-7-9-26-10-8-24/h3-6,11-13H,7-10H2,1-2H3. The lowest BCUT2D eigenvalue weighted by Gasteiger charge is -2.28. The first-order chi connectivity index (χ1) is 12.5. The van der Waals surface area contributed by atoms with Gasteiger partial charge in [-0.2, -0.15) is 0 Å². The largest absolute Gasteiger partial charge is 0.378 e. The zero-order chi connectivity index (χ0) is 18.7. The van der Waals surface area contributed by atoms with E-state index in [9.17, 15) is 9.18 Å². The molecule has 1 aromatic carbocycles. The van der Waals surface area contributed by atoms with Gasteiger partial charge in [0.05, 0.1) is 29.8 Å². The summed E-state index contributed by atoms with van der Waals surface area (Å²) in [5.74, 6) is 0.205. The van der Waals surface area contributed by atoms with E-state index in [0.29, 0.717) is 42.7 Å². The number of hydrogen-bond acceptors (Lipinski definition) is 4. The average molecular weight is 378 g/mol. The minimum absolute atomic E-state index is 0.0543.